The number of amides is 3. The monoisotopic (exact) mass is 750 g/mol. The van der Waals surface area contributed by atoms with Crippen LogP contribution in [0.15, 0.2) is 35.1 Å². The predicted molar refractivity (Wildman–Crippen MR) is 201 cm³/mol. The van der Waals surface area contributed by atoms with Crippen LogP contribution in [0.5, 0.6) is 0 Å². The Morgan fingerprint density at radius 3 is 2.50 bits per heavy atom. The number of nitrogens with zero attached hydrogens (tertiary/aromatic N) is 4. The highest BCUT2D eigenvalue weighted by Crippen LogP contribution is 2.39. The zero-order chi connectivity index (χ0) is 38.0. The van der Waals surface area contributed by atoms with E-state index in [9.17, 15) is 23.6 Å². The van der Waals surface area contributed by atoms with E-state index < -0.39 is 17.6 Å². The zero-order valence-corrected chi connectivity index (χ0v) is 31.7. The number of nitrogens with one attached hydrogen (secondary N) is 4. The standard InChI is InChI=1S/C39H55FN8O6/c1-25-20-47(23-34(49)48-24-39(2,3)35-31(48)17-27(36(50)44-35)16-26-4-6-28(40)7-5-26)30(18-42-25)21-45-13-15-54-33(22-45)38(52)46-11-8-29(9-12-46)43-37(51)32-19-41-10-14-53-32/h4-7,17,25,29-30,32-33,41-42H,8-16,18-24H2,1-3H3,(H,43,51)(H,44,50)/t25-,30-,32?,33+/m1/s1. The van der Waals surface area contributed by atoms with E-state index in [0.29, 0.717) is 96.9 Å². The summed E-state index contributed by atoms with van der Waals surface area (Å²) in [5.74, 6) is -0.475. The van der Waals surface area contributed by atoms with Crippen LogP contribution in [0.1, 0.15) is 50.4 Å². The van der Waals surface area contributed by atoms with Gasteiger partial charge in [0.2, 0.25) is 5.91 Å². The average Bonchev–Trinajstić information content (AvgIpc) is 3.43. The second kappa shape index (κ2) is 16.6. The Bertz CT molecular complexity index is 1720. The van der Waals surface area contributed by atoms with Crippen LogP contribution in [-0.4, -0.2) is 153 Å². The van der Waals surface area contributed by atoms with Crippen LogP contribution in [0.3, 0.4) is 0 Å². The molecule has 54 heavy (non-hydrogen) atoms. The quantitative estimate of drug-likeness (QED) is 0.280. The van der Waals surface area contributed by atoms with Gasteiger partial charge in [-0.05, 0) is 43.5 Å². The molecule has 5 aliphatic heterocycles. The van der Waals surface area contributed by atoms with Crippen LogP contribution in [0.2, 0.25) is 0 Å². The van der Waals surface area contributed by atoms with Crippen LogP contribution < -0.4 is 26.4 Å². The number of piperidine rings is 1. The van der Waals surface area contributed by atoms with Crippen molar-refractivity contribution in [3.8, 4) is 0 Å². The maximum Gasteiger partial charge on any atom is 0.253 e. The van der Waals surface area contributed by atoms with Gasteiger partial charge in [0.15, 0.2) is 0 Å². The Morgan fingerprint density at radius 2 is 1.76 bits per heavy atom. The molecule has 1 aromatic heterocycles. The van der Waals surface area contributed by atoms with Crippen molar-refractivity contribution >= 4 is 23.4 Å². The smallest absolute Gasteiger partial charge is 0.253 e. The highest BCUT2D eigenvalue weighted by atomic mass is 19.1. The number of fused-ring (bicyclic) bond motifs is 1. The number of H-pyrrole nitrogens is 1. The molecule has 1 unspecified atom stereocenters. The molecule has 15 heteroatoms. The van der Waals surface area contributed by atoms with Crippen LogP contribution in [0, 0.1) is 5.82 Å². The van der Waals surface area contributed by atoms with E-state index in [-0.39, 0.29) is 53.8 Å². The molecular formula is C39H55FN8O6. The predicted octanol–water partition coefficient (Wildman–Crippen LogP) is 0.188. The molecule has 7 rings (SSSR count). The molecule has 14 nitrogen and oxygen atoms in total. The molecule has 1 aromatic carbocycles. The minimum Gasteiger partial charge on any atom is -0.366 e. The number of ether oxygens (including phenoxy) is 2. The summed E-state index contributed by atoms with van der Waals surface area (Å²) in [6.45, 7) is 13.5. The van der Waals surface area contributed by atoms with Gasteiger partial charge in [0.25, 0.3) is 17.4 Å². The van der Waals surface area contributed by atoms with E-state index in [4.69, 9.17) is 9.47 Å². The first-order chi connectivity index (χ1) is 25.9. The summed E-state index contributed by atoms with van der Waals surface area (Å²) in [4.78, 5) is 64.9. The Kier molecular flexibility index (Phi) is 11.8. The third-order valence-corrected chi connectivity index (χ3v) is 11.6. The van der Waals surface area contributed by atoms with E-state index in [1.807, 2.05) is 29.7 Å². The van der Waals surface area contributed by atoms with Crippen molar-refractivity contribution in [1.82, 2.24) is 35.6 Å². The molecule has 4 fully saturated rings. The number of pyridine rings is 1. The number of rotatable bonds is 9. The van der Waals surface area contributed by atoms with Crippen molar-refractivity contribution in [2.45, 2.75) is 75.8 Å². The number of hydrogen-bond acceptors (Lipinski definition) is 10. The second-order valence-electron chi connectivity index (χ2n) is 16.2. The first-order valence-corrected chi connectivity index (χ1v) is 19.5. The molecule has 2 aromatic rings. The van der Waals surface area contributed by atoms with Gasteiger partial charge in [0.1, 0.15) is 18.0 Å². The molecule has 6 heterocycles. The lowest BCUT2D eigenvalue weighted by molar-refractivity contribution is -0.151. The minimum atomic E-state index is -0.563. The molecule has 4 saturated heterocycles. The van der Waals surface area contributed by atoms with Gasteiger partial charge in [0, 0.05) is 107 Å². The van der Waals surface area contributed by atoms with Crippen LogP contribution in [0.4, 0.5) is 10.1 Å². The van der Waals surface area contributed by atoms with Crippen molar-refractivity contribution in [1.29, 1.82) is 0 Å². The van der Waals surface area contributed by atoms with Crippen molar-refractivity contribution in [2.24, 2.45) is 0 Å². The lowest BCUT2D eigenvalue weighted by Gasteiger charge is -2.43. The van der Waals surface area contributed by atoms with Gasteiger partial charge in [-0.15, -0.1) is 0 Å². The van der Waals surface area contributed by atoms with Crippen molar-refractivity contribution in [3.63, 3.8) is 0 Å². The average molecular weight is 751 g/mol. The Balaban J connectivity index is 0.953. The third-order valence-electron chi connectivity index (χ3n) is 11.6. The van der Waals surface area contributed by atoms with E-state index >= 15 is 0 Å². The summed E-state index contributed by atoms with van der Waals surface area (Å²) in [7, 11) is 0. The first kappa shape index (κ1) is 38.5. The number of carbonyl (C=O) groups is 3. The number of aromatic nitrogens is 1. The fourth-order valence-corrected chi connectivity index (χ4v) is 8.48. The van der Waals surface area contributed by atoms with Gasteiger partial charge < -0.3 is 40.2 Å². The van der Waals surface area contributed by atoms with Gasteiger partial charge >= 0.3 is 0 Å². The van der Waals surface area contributed by atoms with Gasteiger partial charge in [0.05, 0.1) is 25.4 Å². The number of benzene rings is 1. The van der Waals surface area contributed by atoms with Gasteiger partial charge in [-0.25, -0.2) is 4.39 Å². The van der Waals surface area contributed by atoms with Gasteiger partial charge in [-0.2, -0.15) is 0 Å². The fraction of sp³-hybridized carbons (Fsp3) is 0.641. The Labute approximate surface area is 316 Å². The molecule has 4 N–H and O–H groups in total. The van der Waals surface area contributed by atoms with Gasteiger partial charge in [-0.1, -0.05) is 26.0 Å². The molecule has 3 amide bonds. The molecule has 4 atom stereocenters. The summed E-state index contributed by atoms with van der Waals surface area (Å²) in [5.41, 5.74) is 2.18. The SMILES string of the molecule is C[C@@H]1CN(CC(=O)N2CC(C)(C)c3[nH]c(=O)c(Cc4ccc(F)cc4)cc32)[C@@H](CN2CCO[C@H](C(=O)N3CCC(NC(=O)C4CNCCO4)CC3)C2)CN1. The van der Waals surface area contributed by atoms with E-state index in [2.05, 4.69) is 37.7 Å². The van der Waals surface area contributed by atoms with E-state index in [1.165, 1.54) is 12.1 Å². The number of likely N-dealkylation sites (tertiary alicyclic amines) is 1. The summed E-state index contributed by atoms with van der Waals surface area (Å²) in [6.07, 6.45) is 0.671. The second-order valence-corrected chi connectivity index (χ2v) is 16.2. The molecule has 0 radical (unpaired) electrons. The largest absolute Gasteiger partial charge is 0.366 e. The highest BCUT2D eigenvalue weighted by Gasteiger charge is 2.41. The summed E-state index contributed by atoms with van der Waals surface area (Å²) < 4.78 is 25.1. The molecule has 0 saturated carbocycles. The zero-order valence-electron chi connectivity index (χ0n) is 31.7. The fourth-order valence-electron chi connectivity index (χ4n) is 8.48. The van der Waals surface area contributed by atoms with Crippen molar-refractivity contribution in [3.05, 3.63) is 63.3 Å². The summed E-state index contributed by atoms with van der Waals surface area (Å²) in [6, 6.07) is 8.20. The van der Waals surface area contributed by atoms with E-state index in [0.717, 1.165) is 23.5 Å². The minimum absolute atomic E-state index is 0.0107. The van der Waals surface area contributed by atoms with Crippen LogP contribution >= 0.6 is 0 Å². The number of halogens is 1. The Morgan fingerprint density at radius 1 is 1.00 bits per heavy atom. The summed E-state index contributed by atoms with van der Waals surface area (Å²) >= 11 is 0. The number of piperazine rings is 1. The Hall–Kier alpha value is -3.73. The van der Waals surface area contributed by atoms with Crippen molar-refractivity contribution < 1.29 is 28.2 Å². The van der Waals surface area contributed by atoms with Crippen LogP contribution in [-0.2, 0) is 35.7 Å². The van der Waals surface area contributed by atoms with Crippen molar-refractivity contribution in [2.75, 3.05) is 90.1 Å². The van der Waals surface area contributed by atoms with Crippen LogP contribution in [0.25, 0.3) is 0 Å². The molecular weight excluding hydrogens is 695 g/mol. The number of carbonyl (C=O) groups excluding carboxylic acids is 3. The molecule has 294 valence electrons. The number of morpholine rings is 2. The number of hydrogen-bond donors (Lipinski definition) is 4. The maximum absolute atomic E-state index is 14.2. The summed E-state index contributed by atoms with van der Waals surface area (Å²) in [5, 5.41) is 9.87. The molecule has 5 aliphatic rings. The normalized spacial score (nSPS) is 26.7. The lowest BCUT2D eigenvalue weighted by atomic mass is 9.91. The topological polar surface area (TPSA) is 152 Å². The number of aromatic amines is 1. The molecule has 0 spiro atoms. The first-order valence-electron chi connectivity index (χ1n) is 19.5. The highest BCUT2D eigenvalue weighted by molar-refractivity contribution is 5.97. The molecule has 0 aliphatic carbocycles. The van der Waals surface area contributed by atoms with Gasteiger partial charge in [-0.3, -0.25) is 29.0 Å². The number of anilines is 1. The lowest BCUT2D eigenvalue weighted by Crippen LogP contribution is -2.62. The maximum atomic E-state index is 14.2. The molecule has 0 bridgehead atoms. The third kappa shape index (κ3) is 8.87. The van der Waals surface area contributed by atoms with E-state index in [1.54, 1.807) is 12.1 Å².